The lowest BCUT2D eigenvalue weighted by Gasteiger charge is -2.10. The van der Waals surface area contributed by atoms with E-state index in [1.807, 2.05) is 26.0 Å². The molecule has 0 unspecified atom stereocenters. The molecule has 2 rings (SSSR count). The van der Waals surface area contributed by atoms with Crippen molar-refractivity contribution in [1.29, 1.82) is 0 Å². The molecule has 0 N–H and O–H groups in total. The number of ether oxygens (including phenoxy) is 1. The molecule has 1 heterocycles. The molecular weight excluding hydrogens is 228 g/mol. The highest BCUT2D eigenvalue weighted by atomic mass is 16.5. The first kappa shape index (κ1) is 12.7. The molecule has 0 radical (unpaired) electrons. The molecule has 3 nitrogen and oxygen atoms in total. The summed E-state index contributed by atoms with van der Waals surface area (Å²) in [5.74, 6) is 0.779. The van der Waals surface area contributed by atoms with Crippen LogP contribution in [0.15, 0.2) is 27.4 Å². The summed E-state index contributed by atoms with van der Waals surface area (Å²) in [6.45, 7) is 6.56. The van der Waals surface area contributed by atoms with E-state index in [0.717, 1.165) is 35.1 Å². The predicted octanol–water partition coefficient (Wildman–Crippen LogP) is 3.45. The molecular formula is C15H18O3. The third-order valence-electron chi connectivity index (χ3n) is 3.02. The van der Waals surface area contributed by atoms with Gasteiger partial charge in [0.15, 0.2) is 0 Å². The van der Waals surface area contributed by atoms with Gasteiger partial charge in [0.2, 0.25) is 0 Å². The summed E-state index contributed by atoms with van der Waals surface area (Å²) in [6.07, 6.45) is 1.89. The lowest BCUT2D eigenvalue weighted by Crippen LogP contribution is -2.03. The smallest absolute Gasteiger partial charge is 0.336 e. The highest BCUT2D eigenvalue weighted by Crippen LogP contribution is 2.28. The van der Waals surface area contributed by atoms with Gasteiger partial charge >= 0.3 is 5.63 Å². The molecule has 0 bridgehead atoms. The van der Waals surface area contributed by atoms with Crippen molar-refractivity contribution in [2.45, 2.75) is 33.6 Å². The van der Waals surface area contributed by atoms with E-state index in [4.69, 9.17) is 9.15 Å². The number of benzene rings is 1. The van der Waals surface area contributed by atoms with Gasteiger partial charge in [-0.3, -0.25) is 0 Å². The van der Waals surface area contributed by atoms with Crippen molar-refractivity contribution in [3.8, 4) is 5.75 Å². The van der Waals surface area contributed by atoms with Gasteiger partial charge < -0.3 is 9.15 Å². The second-order valence-corrected chi connectivity index (χ2v) is 4.34. The van der Waals surface area contributed by atoms with Crippen LogP contribution in [0.5, 0.6) is 5.75 Å². The lowest BCUT2D eigenvalue weighted by molar-refractivity contribution is 0.337. The fraction of sp³-hybridized carbons (Fsp3) is 0.400. The van der Waals surface area contributed by atoms with Crippen LogP contribution in [0.2, 0.25) is 0 Å². The number of hydrogen-bond donors (Lipinski definition) is 0. The lowest BCUT2D eigenvalue weighted by atomic mass is 10.0. The Kier molecular flexibility index (Phi) is 3.70. The molecule has 0 atom stereocenters. The van der Waals surface area contributed by atoms with E-state index in [2.05, 4.69) is 6.92 Å². The van der Waals surface area contributed by atoms with Crippen LogP contribution in [0.25, 0.3) is 11.0 Å². The first-order chi connectivity index (χ1) is 8.67. The van der Waals surface area contributed by atoms with Gasteiger partial charge in [-0.15, -0.1) is 0 Å². The van der Waals surface area contributed by atoms with Crippen LogP contribution in [-0.4, -0.2) is 6.61 Å². The Labute approximate surface area is 106 Å². The summed E-state index contributed by atoms with van der Waals surface area (Å²) in [5.41, 5.74) is 2.30. The van der Waals surface area contributed by atoms with Crippen molar-refractivity contribution in [3.05, 3.63) is 39.7 Å². The van der Waals surface area contributed by atoms with Crippen molar-refractivity contribution in [1.82, 2.24) is 0 Å². The zero-order chi connectivity index (χ0) is 13.1. The Hall–Kier alpha value is -1.77. The van der Waals surface area contributed by atoms with Crippen LogP contribution in [0, 0.1) is 6.92 Å². The minimum absolute atomic E-state index is 0.289. The highest BCUT2D eigenvalue weighted by Gasteiger charge is 2.11. The highest BCUT2D eigenvalue weighted by molar-refractivity contribution is 5.84. The molecule has 2 aromatic rings. The summed E-state index contributed by atoms with van der Waals surface area (Å²) in [5, 5.41) is 1.01. The molecule has 0 saturated carbocycles. The Bertz CT molecular complexity index is 611. The molecule has 96 valence electrons. The van der Waals surface area contributed by atoms with Crippen LogP contribution in [0.3, 0.4) is 0 Å². The standard InChI is InChI=1S/C15H18O3/c1-4-6-11-9-14(16)18-15-10(3)13(17-5-2)8-7-12(11)15/h7-9H,4-6H2,1-3H3. The molecule has 3 heteroatoms. The molecule has 0 fully saturated rings. The minimum Gasteiger partial charge on any atom is -0.493 e. The van der Waals surface area contributed by atoms with Crippen molar-refractivity contribution in [2.24, 2.45) is 0 Å². The summed E-state index contributed by atoms with van der Waals surface area (Å²) in [4.78, 5) is 11.6. The monoisotopic (exact) mass is 246 g/mol. The Morgan fingerprint density at radius 1 is 1.28 bits per heavy atom. The van der Waals surface area contributed by atoms with E-state index in [-0.39, 0.29) is 5.63 Å². The van der Waals surface area contributed by atoms with Crippen LogP contribution < -0.4 is 10.4 Å². The molecule has 0 saturated heterocycles. The van der Waals surface area contributed by atoms with Gasteiger partial charge in [-0.05, 0) is 38.0 Å². The molecule has 0 spiro atoms. The molecule has 1 aromatic heterocycles. The third kappa shape index (κ3) is 2.26. The van der Waals surface area contributed by atoms with Gasteiger partial charge in [-0.1, -0.05) is 13.3 Å². The van der Waals surface area contributed by atoms with E-state index in [1.54, 1.807) is 6.07 Å². The average molecular weight is 246 g/mol. The normalized spacial score (nSPS) is 10.8. The molecule has 0 aliphatic heterocycles. The Morgan fingerprint density at radius 3 is 2.72 bits per heavy atom. The largest absolute Gasteiger partial charge is 0.493 e. The van der Waals surface area contributed by atoms with E-state index >= 15 is 0 Å². The minimum atomic E-state index is -0.289. The topological polar surface area (TPSA) is 39.4 Å². The van der Waals surface area contributed by atoms with Crippen LogP contribution >= 0.6 is 0 Å². The molecule has 0 aliphatic rings. The average Bonchev–Trinajstić information content (AvgIpc) is 2.34. The quantitative estimate of drug-likeness (QED) is 0.776. The molecule has 0 amide bonds. The summed E-state index contributed by atoms with van der Waals surface area (Å²) in [7, 11) is 0. The van der Waals surface area contributed by atoms with Gasteiger partial charge in [-0.25, -0.2) is 4.79 Å². The maximum Gasteiger partial charge on any atom is 0.336 e. The van der Waals surface area contributed by atoms with Gasteiger partial charge in [-0.2, -0.15) is 0 Å². The van der Waals surface area contributed by atoms with Gasteiger partial charge in [0.05, 0.1) is 6.61 Å². The van der Waals surface area contributed by atoms with Gasteiger partial charge in [0, 0.05) is 17.0 Å². The first-order valence-corrected chi connectivity index (χ1v) is 6.36. The number of rotatable bonds is 4. The second kappa shape index (κ2) is 5.25. The Morgan fingerprint density at radius 2 is 2.06 bits per heavy atom. The van der Waals surface area contributed by atoms with Crippen molar-refractivity contribution in [3.63, 3.8) is 0 Å². The molecule has 1 aromatic carbocycles. The Balaban J connectivity index is 2.70. The van der Waals surface area contributed by atoms with Gasteiger partial charge in [0.25, 0.3) is 0 Å². The zero-order valence-electron chi connectivity index (χ0n) is 11.1. The fourth-order valence-electron chi connectivity index (χ4n) is 2.20. The maximum atomic E-state index is 11.6. The van der Waals surface area contributed by atoms with Crippen LogP contribution in [-0.2, 0) is 6.42 Å². The summed E-state index contributed by atoms with van der Waals surface area (Å²) >= 11 is 0. The first-order valence-electron chi connectivity index (χ1n) is 6.36. The molecule has 0 aliphatic carbocycles. The fourth-order valence-corrected chi connectivity index (χ4v) is 2.20. The number of hydrogen-bond acceptors (Lipinski definition) is 3. The van der Waals surface area contributed by atoms with Crippen molar-refractivity contribution >= 4 is 11.0 Å². The maximum absolute atomic E-state index is 11.6. The second-order valence-electron chi connectivity index (χ2n) is 4.34. The molecule has 18 heavy (non-hydrogen) atoms. The van der Waals surface area contributed by atoms with E-state index < -0.39 is 0 Å². The van der Waals surface area contributed by atoms with Crippen LogP contribution in [0.1, 0.15) is 31.4 Å². The number of fused-ring (bicyclic) bond motifs is 1. The SMILES string of the molecule is CCCc1cc(=O)oc2c(C)c(OCC)ccc12. The van der Waals surface area contributed by atoms with Crippen molar-refractivity contribution in [2.75, 3.05) is 6.61 Å². The van der Waals surface area contributed by atoms with E-state index in [0.29, 0.717) is 12.2 Å². The zero-order valence-corrected chi connectivity index (χ0v) is 11.1. The van der Waals surface area contributed by atoms with Crippen molar-refractivity contribution < 1.29 is 9.15 Å². The number of aryl methyl sites for hydroxylation is 2. The van der Waals surface area contributed by atoms with E-state index in [9.17, 15) is 4.79 Å². The van der Waals surface area contributed by atoms with Crippen LogP contribution in [0.4, 0.5) is 0 Å². The third-order valence-corrected chi connectivity index (χ3v) is 3.02. The van der Waals surface area contributed by atoms with Gasteiger partial charge in [0.1, 0.15) is 11.3 Å². The predicted molar refractivity (Wildman–Crippen MR) is 72.4 cm³/mol. The summed E-state index contributed by atoms with van der Waals surface area (Å²) < 4.78 is 10.9. The van der Waals surface area contributed by atoms with E-state index in [1.165, 1.54) is 0 Å². The summed E-state index contributed by atoms with van der Waals surface area (Å²) in [6, 6.07) is 5.51.